The van der Waals surface area contributed by atoms with E-state index in [2.05, 4.69) is 5.32 Å². The van der Waals surface area contributed by atoms with E-state index in [-0.39, 0.29) is 30.0 Å². The fourth-order valence-electron chi connectivity index (χ4n) is 4.78. The standard InChI is InChI=1S/C23H23Cl2NO4/c24-19-7-6-18(10-20(19)25)29-13-17(27)11-22-8-9-23(14-22,15-22)26-21(28)30-12-16-4-2-1-3-5-16/h1-7,10H,8-9,11-15H2,(H,26,28). The molecule has 2 bridgehead atoms. The summed E-state index contributed by atoms with van der Waals surface area (Å²) < 4.78 is 10.9. The summed E-state index contributed by atoms with van der Waals surface area (Å²) in [4.78, 5) is 24.6. The van der Waals surface area contributed by atoms with E-state index in [4.69, 9.17) is 32.7 Å². The van der Waals surface area contributed by atoms with Gasteiger partial charge in [0.05, 0.1) is 10.0 Å². The monoisotopic (exact) mass is 447 g/mol. The van der Waals surface area contributed by atoms with Crippen LogP contribution in [0.2, 0.25) is 10.0 Å². The Balaban J connectivity index is 1.21. The Labute approximate surface area is 185 Å². The molecule has 3 saturated carbocycles. The molecule has 0 radical (unpaired) electrons. The van der Waals surface area contributed by atoms with Crippen molar-refractivity contribution in [2.45, 2.75) is 44.2 Å². The fraction of sp³-hybridized carbons (Fsp3) is 0.391. The smallest absolute Gasteiger partial charge is 0.407 e. The highest BCUT2D eigenvalue weighted by molar-refractivity contribution is 6.42. The van der Waals surface area contributed by atoms with Gasteiger partial charge in [-0.25, -0.2) is 4.79 Å². The van der Waals surface area contributed by atoms with Gasteiger partial charge in [0.1, 0.15) is 19.0 Å². The van der Waals surface area contributed by atoms with E-state index in [1.165, 1.54) is 0 Å². The number of amides is 1. The molecule has 0 saturated heterocycles. The molecular formula is C23H23Cl2NO4. The molecule has 1 N–H and O–H groups in total. The number of carbonyl (C=O) groups is 2. The predicted octanol–water partition coefficient (Wildman–Crippen LogP) is 5.57. The maximum atomic E-state index is 12.4. The molecule has 3 fully saturated rings. The maximum Gasteiger partial charge on any atom is 0.407 e. The van der Waals surface area contributed by atoms with Crippen molar-refractivity contribution >= 4 is 35.1 Å². The largest absolute Gasteiger partial charge is 0.486 e. The van der Waals surface area contributed by atoms with Crippen LogP contribution in [0.15, 0.2) is 48.5 Å². The second-order valence-corrected chi connectivity index (χ2v) is 9.22. The van der Waals surface area contributed by atoms with E-state index >= 15 is 0 Å². The first kappa shape index (κ1) is 21.0. The molecule has 0 aliphatic heterocycles. The van der Waals surface area contributed by atoms with Gasteiger partial charge in [0.2, 0.25) is 0 Å². The summed E-state index contributed by atoms with van der Waals surface area (Å²) >= 11 is 11.9. The number of benzene rings is 2. The normalized spacial score (nSPS) is 24.1. The van der Waals surface area contributed by atoms with Gasteiger partial charge in [-0.3, -0.25) is 4.79 Å². The number of halogens is 2. The Kier molecular flexibility index (Phi) is 5.94. The van der Waals surface area contributed by atoms with Crippen molar-refractivity contribution in [1.82, 2.24) is 5.32 Å². The van der Waals surface area contributed by atoms with Crippen LogP contribution in [0.5, 0.6) is 5.75 Å². The van der Waals surface area contributed by atoms with E-state index in [0.29, 0.717) is 22.2 Å². The molecule has 0 aromatic heterocycles. The van der Waals surface area contributed by atoms with E-state index in [1.54, 1.807) is 18.2 Å². The second-order valence-electron chi connectivity index (χ2n) is 8.40. The number of rotatable bonds is 8. The van der Waals surface area contributed by atoms with Crippen LogP contribution in [-0.4, -0.2) is 24.0 Å². The molecule has 0 atom stereocenters. The van der Waals surface area contributed by atoms with Gasteiger partial charge in [-0.2, -0.15) is 0 Å². The van der Waals surface area contributed by atoms with E-state index < -0.39 is 6.09 Å². The van der Waals surface area contributed by atoms with Crippen LogP contribution in [0, 0.1) is 5.41 Å². The third-order valence-electron chi connectivity index (χ3n) is 6.00. The minimum absolute atomic E-state index is 0.000737. The minimum Gasteiger partial charge on any atom is -0.486 e. The lowest BCUT2D eigenvalue weighted by atomic mass is 9.63. The molecule has 3 aliphatic rings. The summed E-state index contributed by atoms with van der Waals surface area (Å²) in [6, 6.07) is 14.5. The lowest BCUT2D eigenvalue weighted by Gasteiger charge is -2.47. The number of ether oxygens (including phenoxy) is 2. The van der Waals surface area contributed by atoms with Gasteiger partial charge in [-0.05, 0) is 48.8 Å². The molecule has 0 heterocycles. The van der Waals surface area contributed by atoms with Gasteiger partial charge in [0.25, 0.3) is 0 Å². The van der Waals surface area contributed by atoms with Crippen molar-refractivity contribution in [3.63, 3.8) is 0 Å². The van der Waals surface area contributed by atoms with Gasteiger partial charge in [-0.15, -0.1) is 0 Å². The number of nitrogens with one attached hydrogen (secondary N) is 1. The van der Waals surface area contributed by atoms with Crippen LogP contribution in [0.4, 0.5) is 4.79 Å². The number of hydrogen-bond donors (Lipinski definition) is 1. The lowest BCUT2D eigenvalue weighted by molar-refractivity contribution is -0.124. The number of hydrogen-bond acceptors (Lipinski definition) is 4. The zero-order chi connectivity index (χ0) is 21.2. The Bertz CT molecular complexity index is 941. The van der Waals surface area contributed by atoms with Crippen LogP contribution in [0.25, 0.3) is 0 Å². The zero-order valence-corrected chi connectivity index (χ0v) is 18.0. The first-order valence-electron chi connectivity index (χ1n) is 9.96. The van der Waals surface area contributed by atoms with Crippen molar-refractivity contribution in [3.8, 4) is 5.75 Å². The van der Waals surface area contributed by atoms with Crippen molar-refractivity contribution in [3.05, 3.63) is 64.1 Å². The highest BCUT2D eigenvalue weighted by atomic mass is 35.5. The third kappa shape index (κ3) is 4.73. The van der Waals surface area contributed by atoms with Gasteiger partial charge in [0, 0.05) is 18.0 Å². The minimum atomic E-state index is -0.399. The SMILES string of the molecule is O=C(COc1ccc(Cl)c(Cl)c1)CC12CCC(NC(=O)OCc3ccccc3)(C1)C2. The maximum absolute atomic E-state index is 12.4. The molecule has 2 aromatic carbocycles. The highest BCUT2D eigenvalue weighted by Gasteiger charge is 2.61. The van der Waals surface area contributed by atoms with Gasteiger partial charge in [-0.1, -0.05) is 53.5 Å². The van der Waals surface area contributed by atoms with Crippen molar-refractivity contribution in [1.29, 1.82) is 0 Å². The Morgan fingerprint density at radius 1 is 1.00 bits per heavy atom. The first-order chi connectivity index (χ1) is 14.4. The quantitative estimate of drug-likeness (QED) is 0.574. The van der Waals surface area contributed by atoms with Crippen LogP contribution in [-0.2, 0) is 16.1 Å². The molecule has 0 spiro atoms. The van der Waals surface area contributed by atoms with Crippen molar-refractivity contribution in [2.75, 3.05) is 6.61 Å². The number of alkyl carbamates (subject to hydrolysis) is 1. The highest BCUT2D eigenvalue weighted by Crippen LogP contribution is 2.63. The number of ketones is 1. The average Bonchev–Trinajstić information content (AvgIpc) is 3.22. The van der Waals surface area contributed by atoms with Gasteiger partial charge in [0.15, 0.2) is 5.78 Å². The third-order valence-corrected chi connectivity index (χ3v) is 6.74. The van der Waals surface area contributed by atoms with Crippen molar-refractivity contribution < 1.29 is 19.1 Å². The molecule has 0 unspecified atom stereocenters. The average molecular weight is 448 g/mol. The molecule has 2 aromatic rings. The van der Waals surface area contributed by atoms with Crippen LogP contribution in [0.3, 0.4) is 0 Å². The van der Waals surface area contributed by atoms with Gasteiger partial charge >= 0.3 is 6.09 Å². The molecule has 3 aliphatic carbocycles. The Morgan fingerprint density at radius 2 is 1.77 bits per heavy atom. The number of fused-ring (bicyclic) bond motifs is 1. The molecular weight excluding hydrogens is 425 g/mol. The molecule has 5 rings (SSSR count). The fourth-order valence-corrected chi connectivity index (χ4v) is 5.07. The summed E-state index contributed by atoms with van der Waals surface area (Å²) in [6.45, 7) is 0.248. The Hall–Kier alpha value is -2.24. The van der Waals surface area contributed by atoms with Gasteiger partial charge < -0.3 is 14.8 Å². The first-order valence-corrected chi connectivity index (χ1v) is 10.7. The molecule has 7 heteroatoms. The summed E-state index contributed by atoms with van der Waals surface area (Å²) in [5, 5.41) is 3.87. The van der Waals surface area contributed by atoms with Crippen LogP contribution >= 0.6 is 23.2 Å². The zero-order valence-electron chi connectivity index (χ0n) is 16.5. The van der Waals surface area contributed by atoms with E-state index in [0.717, 1.165) is 31.2 Å². The second kappa shape index (κ2) is 8.48. The topological polar surface area (TPSA) is 64.6 Å². The number of carbonyl (C=O) groups excluding carboxylic acids is 2. The molecule has 1 amide bonds. The lowest BCUT2D eigenvalue weighted by Crippen LogP contribution is -2.56. The summed E-state index contributed by atoms with van der Waals surface area (Å²) in [5.74, 6) is 0.565. The van der Waals surface area contributed by atoms with E-state index in [1.807, 2.05) is 30.3 Å². The summed E-state index contributed by atoms with van der Waals surface area (Å²) in [6.07, 6.45) is 3.46. The summed E-state index contributed by atoms with van der Waals surface area (Å²) in [7, 11) is 0. The van der Waals surface area contributed by atoms with Crippen LogP contribution in [0.1, 0.15) is 37.7 Å². The van der Waals surface area contributed by atoms with E-state index in [9.17, 15) is 9.59 Å². The predicted molar refractivity (Wildman–Crippen MR) is 115 cm³/mol. The van der Waals surface area contributed by atoms with Crippen molar-refractivity contribution in [2.24, 2.45) is 5.41 Å². The number of Topliss-reactive ketones (excluding diaryl/α,β-unsaturated/α-hetero) is 1. The Morgan fingerprint density at radius 3 is 2.50 bits per heavy atom. The molecule has 30 heavy (non-hydrogen) atoms. The van der Waals surface area contributed by atoms with Crippen LogP contribution < -0.4 is 10.1 Å². The molecule has 158 valence electrons. The summed E-state index contributed by atoms with van der Waals surface area (Å²) in [5.41, 5.74) is 0.677. The molecule has 5 nitrogen and oxygen atoms in total.